The van der Waals surface area contributed by atoms with E-state index in [0.717, 1.165) is 41.2 Å². The molecule has 1 aromatic carbocycles. The number of carbonyl (C=O) groups is 2. The van der Waals surface area contributed by atoms with E-state index in [1.54, 1.807) is 0 Å². The summed E-state index contributed by atoms with van der Waals surface area (Å²) in [7, 11) is 3.76. The number of pyridine rings is 1. The van der Waals surface area contributed by atoms with Gasteiger partial charge in [0.05, 0.1) is 11.5 Å². The monoisotopic (exact) mass is 668 g/mol. The number of likely N-dealkylation sites (tertiary alicyclic amines) is 1. The average molecular weight is 669 g/mol. The normalized spacial score (nSPS) is 20.3. The van der Waals surface area contributed by atoms with E-state index in [9.17, 15) is 35.9 Å². The van der Waals surface area contributed by atoms with Gasteiger partial charge in [0, 0.05) is 63.0 Å². The number of rotatable bonds is 7. The van der Waals surface area contributed by atoms with Crippen molar-refractivity contribution in [1.29, 1.82) is 0 Å². The minimum absolute atomic E-state index is 0.0206. The highest BCUT2D eigenvalue weighted by molar-refractivity contribution is 7.10. The summed E-state index contributed by atoms with van der Waals surface area (Å²) in [6.45, 7) is 2.14. The van der Waals surface area contributed by atoms with Crippen LogP contribution in [0.25, 0.3) is 0 Å². The second kappa shape index (κ2) is 13.1. The molecule has 2 aliphatic heterocycles. The highest BCUT2D eigenvalue weighted by atomic mass is 32.1. The Labute approximate surface area is 266 Å². The molecule has 7 nitrogen and oxygen atoms in total. The molecule has 1 fully saturated rings. The first-order valence-corrected chi connectivity index (χ1v) is 15.8. The van der Waals surface area contributed by atoms with Crippen molar-refractivity contribution in [2.24, 2.45) is 5.92 Å². The van der Waals surface area contributed by atoms with Crippen LogP contribution in [-0.2, 0) is 30.1 Å². The predicted molar refractivity (Wildman–Crippen MR) is 160 cm³/mol. The van der Waals surface area contributed by atoms with Gasteiger partial charge < -0.3 is 19.4 Å². The van der Waals surface area contributed by atoms with Crippen molar-refractivity contribution >= 4 is 28.8 Å². The number of hydrogen-bond donors (Lipinski definition) is 0. The summed E-state index contributed by atoms with van der Waals surface area (Å²) in [6, 6.07) is 7.88. The maximum atomic E-state index is 14.4. The molecule has 14 heteroatoms. The molecule has 0 aliphatic carbocycles. The third kappa shape index (κ3) is 6.96. The third-order valence-corrected chi connectivity index (χ3v) is 9.41. The Kier molecular flexibility index (Phi) is 9.57. The minimum Gasteiger partial charge on any atom is -0.469 e. The topological polar surface area (TPSA) is 66.0 Å². The number of hydrogen-bond acceptors (Lipinski definition) is 6. The SMILES string of the molecule is CCC[C@@H]1[C@H](C(=O)N2Cc3ccc(N(C)C)cc3CC2Oc2csc(C(F)(F)F)c2)CCCN1C(=O)c1ncccc1C(F)(F)F. The lowest BCUT2D eigenvalue weighted by Gasteiger charge is -2.45. The van der Waals surface area contributed by atoms with Crippen molar-refractivity contribution in [3.63, 3.8) is 0 Å². The number of aromatic nitrogens is 1. The first-order chi connectivity index (χ1) is 21.7. The first-order valence-electron chi connectivity index (χ1n) is 14.9. The fourth-order valence-corrected chi connectivity index (χ4v) is 6.92. The number of halogens is 6. The molecule has 3 aromatic rings. The Hall–Kier alpha value is -3.81. The molecule has 1 unspecified atom stereocenters. The highest BCUT2D eigenvalue weighted by Crippen LogP contribution is 2.39. The second-order valence-corrected chi connectivity index (χ2v) is 12.6. The Morgan fingerprint density at radius 2 is 1.80 bits per heavy atom. The van der Waals surface area contributed by atoms with Gasteiger partial charge in [-0.05, 0) is 54.7 Å². The van der Waals surface area contributed by atoms with Gasteiger partial charge in [0.2, 0.25) is 5.91 Å². The van der Waals surface area contributed by atoms with Crippen molar-refractivity contribution in [1.82, 2.24) is 14.8 Å². The van der Waals surface area contributed by atoms with Gasteiger partial charge in [0.1, 0.15) is 16.3 Å². The van der Waals surface area contributed by atoms with Crippen LogP contribution in [0, 0.1) is 5.92 Å². The molecule has 248 valence electrons. The molecule has 1 saturated heterocycles. The van der Waals surface area contributed by atoms with E-state index in [-0.39, 0.29) is 31.2 Å². The summed E-state index contributed by atoms with van der Waals surface area (Å²) in [5.41, 5.74) is 0.776. The number of piperidine rings is 1. The van der Waals surface area contributed by atoms with Crippen LogP contribution in [0.1, 0.15) is 64.7 Å². The molecule has 46 heavy (non-hydrogen) atoms. The van der Waals surface area contributed by atoms with Crippen LogP contribution in [0.4, 0.5) is 32.0 Å². The second-order valence-electron chi connectivity index (χ2n) is 11.7. The molecule has 2 amide bonds. The fraction of sp³-hybridized carbons (Fsp3) is 0.469. The van der Waals surface area contributed by atoms with Crippen LogP contribution in [0.3, 0.4) is 0 Å². The van der Waals surface area contributed by atoms with Crippen molar-refractivity contribution < 1.29 is 40.7 Å². The van der Waals surface area contributed by atoms with Gasteiger partial charge >= 0.3 is 12.4 Å². The molecule has 2 aliphatic rings. The van der Waals surface area contributed by atoms with Gasteiger partial charge in [-0.15, -0.1) is 11.3 Å². The Morgan fingerprint density at radius 3 is 2.46 bits per heavy atom. The van der Waals surface area contributed by atoms with E-state index >= 15 is 0 Å². The van der Waals surface area contributed by atoms with Crippen molar-refractivity contribution in [2.45, 2.75) is 70.2 Å². The number of anilines is 1. The first kappa shape index (κ1) is 33.6. The van der Waals surface area contributed by atoms with Gasteiger partial charge in [-0.1, -0.05) is 19.4 Å². The van der Waals surface area contributed by atoms with Crippen LogP contribution in [0.2, 0.25) is 0 Å². The molecule has 0 bridgehead atoms. The molecule has 0 radical (unpaired) electrons. The maximum Gasteiger partial charge on any atom is 0.425 e. The fourth-order valence-electron chi connectivity index (χ4n) is 6.23. The lowest BCUT2D eigenvalue weighted by atomic mass is 9.84. The van der Waals surface area contributed by atoms with Gasteiger partial charge in [-0.25, -0.2) is 0 Å². The van der Waals surface area contributed by atoms with Crippen molar-refractivity contribution in [2.75, 3.05) is 25.5 Å². The number of amides is 2. The van der Waals surface area contributed by atoms with Crippen molar-refractivity contribution in [3.05, 3.63) is 75.2 Å². The number of alkyl halides is 6. The van der Waals surface area contributed by atoms with Gasteiger partial charge in [-0.3, -0.25) is 14.6 Å². The van der Waals surface area contributed by atoms with Gasteiger partial charge in [0.25, 0.3) is 5.91 Å². The summed E-state index contributed by atoms with van der Waals surface area (Å²) in [6.07, 6.45) is -7.29. The quantitative estimate of drug-likeness (QED) is 0.248. The highest BCUT2D eigenvalue weighted by Gasteiger charge is 2.45. The Bertz CT molecular complexity index is 1570. The van der Waals surface area contributed by atoms with Crippen LogP contribution >= 0.6 is 11.3 Å². The van der Waals surface area contributed by atoms with Crippen molar-refractivity contribution in [3.8, 4) is 5.75 Å². The lowest BCUT2D eigenvalue weighted by molar-refractivity contribution is -0.150. The van der Waals surface area contributed by atoms with Crippen LogP contribution in [-0.4, -0.2) is 59.5 Å². The molecule has 4 heterocycles. The minimum atomic E-state index is -4.80. The number of carbonyl (C=O) groups excluding carboxylic acids is 2. The van der Waals surface area contributed by atoms with Crippen LogP contribution in [0.5, 0.6) is 5.75 Å². The smallest absolute Gasteiger partial charge is 0.425 e. The summed E-state index contributed by atoms with van der Waals surface area (Å²) in [5.74, 6) is -2.05. The van der Waals surface area contributed by atoms with E-state index in [0.29, 0.717) is 37.0 Å². The number of fused-ring (bicyclic) bond motifs is 1. The summed E-state index contributed by atoms with van der Waals surface area (Å²) >= 11 is 0.496. The lowest BCUT2D eigenvalue weighted by Crippen LogP contribution is -2.57. The van der Waals surface area contributed by atoms with Crippen LogP contribution < -0.4 is 9.64 Å². The molecular weight excluding hydrogens is 634 g/mol. The molecule has 0 saturated carbocycles. The van der Waals surface area contributed by atoms with Crippen LogP contribution in [0.15, 0.2) is 48.0 Å². The summed E-state index contributed by atoms with van der Waals surface area (Å²) < 4.78 is 87.6. The average Bonchev–Trinajstić information content (AvgIpc) is 3.49. The molecule has 0 N–H and O–H groups in total. The Morgan fingerprint density at radius 1 is 1.04 bits per heavy atom. The maximum absolute atomic E-state index is 14.4. The molecule has 0 spiro atoms. The summed E-state index contributed by atoms with van der Waals surface area (Å²) in [4.78, 5) is 35.8. The number of benzene rings is 1. The number of nitrogens with zero attached hydrogens (tertiary/aromatic N) is 4. The molecule has 2 aromatic heterocycles. The zero-order valence-corrected chi connectivity index (χ0v) is 26.3. The van der Waals surface area contributed by atoms with E-state index in [1.165, 1.54) is 15.2 Å². The zero-order valence-electron chi connectivity index (χ0n) is 25.5. The third-order valence-electron chi connectivity index (χ3n) is 8.46. The van der Waals surface area contributed by atoms with Gasteiger partial charge in [0.15, 0.2) is 6.23 Å². The predicted octanol–water partition coefficient (Wildman–Crippen LogP) is 7.26. The number of ether oxygens (including phenoxy) is 1. The van der Waals surface area contributed by atoms with E-state index in [4.69, 9.17) is 4.74 Å². The Balaban J connectivity index is 1.48. The van der Waals surface area contributed by atoms with E-state index < -0.39 is 52.6 Å². The molecular formula is C32H34F6N4O3S. The largest absolute Gasteiger partial charge is 0.469 e. The summed E-state index contributed by atoms with van der Waals surface area (Å²) in [5, 5.41) is 1.25. The van der Waals surface area contributed by atoms with E-state index in [2.05, 4.69) is 4.98 Å². The number of thiophene rings is 1. The standard InChI is InChI=1S/C32H34F6N4O3S/c1-4-7-25-23(8-6-13-41(25)30(44)28-24(31(33,34)35)9-5-12-39-28)29(43)42-17-19-10-11-21(40(2)3)14-20(19)15-27(42)45-22-16-26(46-18-22)32(36,37)38/h5,9-12,14,16,18,23,25,27H,4,6-8,13,15,17H2,1-3H3/t23-,25-,27?/m1/s1. The van der Waals surface area contributed by atoms with Gasteiger partial charge in [-0.2, -0.15) is 26.3 Å². The molecule has 5 rings (SSSR count). The molecule has 3 atom stereocenters. The zero-order chi connectivity index (χ0) is 33.4. The van der Waals surface area contributed by atoms with E-state index in [1.807, 2.05) is 44.1 Å².